The molecule has 0 rings (SSSR count). The molecular weight excluding hydrogens is 142 g/mol. The second-order valence-corrected chi connectivity index (χ2v) is 2.08. The topological polar surface area (TPSA) is 77.2 Å². The Morgan fingerprint density at radius 2 is 2.00 bits per heavy atom. The van der Waals surface area contributed by atoms with Crippen molar-refractivity contribution in [3.05, 3.63) is 12.7 Å². The van der Waals surface area contributed by atoms with E-state index in [2.05, 4.69) is 12.3 Å². The first-order chi connectivity index (χ1) is 4.09. The van der Waals surface area contributed by atoms with Crippen LogP contribution in [0.1, 0.15) is 0 Å². The molecule has 0 saturated carbocycles. The summed E-state index contributed by atoms with van der Waals surface area (Å²) in [6, 6.07) is 0. The van der Waals surface area contributed by atoms with Crippen LogP contribution in [0.2, 0.25) is 0 Å². The van der Waals surface area contributed by atoms with E-state index in [1.807, 2.05) is 0 Å². The van der Waals surface area contributed by atoms with E-state index in [-0.39, 0.29) is 0 Å². The van der Waals surface area contributed by atoms with E-state index in [4.69, 9.17) is 0 Å². The van der Waals surface area contributed by atoms with Gasteiger partial charge in [-0.2, -0.15) is 8.42 Å². The molecule has 5 heteroatoms. The summed E-state index contributed by atoms with van der Waals surface area (Å²) in [7, 11) is -2.56. The van der Waals surface area contributed by atoms with Crippen molar-refractivity contribution in [2.75, 3.05) is 0 Å². The molecule has 0 saturated heterocycles. The average molecular weight is 147 g/mol. The Hall–Kier alpha value is -1.10. The first-order valence-electron chi connectivity index (χ1n) is 1.98. The highest BCUT2D eigenvalue weighted by molar-refractivity contribution is 7.75. The first-order valence-corrected chi connectivity index (χ1v) is 3.05. The fourth-order valence-electron chi connectivity index (χ4n) is 0.251. The van der Waals surface area contributed by atoms with Crippen LogP contribution in [0.15, 0.2) is 12.7 Å². The maximum Gasteiger partial charge on any atom is 0.264 e. The Morgan fingerprint density at radius 3 is 2.00 bits per heavy atom. The van der Waals surface area contributed by atoms with Crippen molar-refractivity contribution in [2.45, 2.75) is 0 Å². The summed E-state index contributed by atoms with van der Waals surface area (Å²) in [5.41, 5.74) is 4.61. The smallest absolute Gasteiger partial charge is 0.264 e. The van der Waals surface area contributed by atoms with Gasteiger partial charge in [-0.25, -0.2) is 0 Å². The molecule has 0 aliphatic heterocycles. The number of carbonyl (C=O) groups excluding carboxylic acids is 1. The van der Waals surface area contributed by atoms with Crippen LogP contribution in [0, 0.1) is 0 Å². The van der Waals surface area contributed by atoms with Crippen LogP contribution in [0.5, 0.6) is 0 Å². The van der Waals surface area contributed by atoms with Crippen molar-refractivity contribution in [2.24, 2.45) is 5.73 Å². The van der Waals surface area contributed by atoms with Gasteiger partial charge in [0.15, 0.2) is 4.86 Å². The lowest BCUT2D eigenvalue weighted by Crippen LogP contribution is -2.21. The molecule has 0 radical (unpaired) electrons. The van der Waals surface area contributed by atoms with E-state index < -0.39 is 21.1 Å². The summed E-state index contributed by atoms with van der Waals surface area (Å²) in [5, 5.41) is 0. The molecule has 9 heavy (non-hydrogen) atoms. The molecule has 0 fully saturated rings. The molecule has 0 aliphatic carbocycles. The molecule has 0 spiro atoms. The molecule has 0 unspecified atom stereocenters. The Labute approximate surface area is 53.5 Å². The summed E-state index contributed by atoms with van der Waals surface area (Å²) >= 11 is 0. The minimum atomic E-state index is -2.56. The maximum absolute atomic E-state index is 10.1. The van der Waals surface area contributed by atoms with Gasteiger partial charge < -0.3 is 5.73 Å². The average Bonchev–Trinajstić information content (AvgIpc) is 1.64. The van der Waals surface area contributed by atoms with Crippen molar-refractivity contribution in [3.8, 4) is 0 Å². The predicted octanol–water partition coefficient (Wildman–Crippen LogP) is -1.29. The van der Waals surface area contributed by atoms with Gasteiger partial charge in [0.05, 0.1) is 0 Å². The third-order valence-electron chi connectivity index (χ3n) is 0.608. The maximum atomic E-state index is 10.1. The van der Waals surface area contributed by atoms with Gasteiger partial charge in [0, 0.05) is 0 Å². The van der Waals surface area contributed by atoms with Crippen molar-refractivity contribution >= 4 is 21.1 Å². The minimum absolute atomic E-state index is 0.491. The number of hydrogen-bond donors (Lipinski definition) is 1. The summed E-state index contributed by atoms with van der Waals surface area (Å²) in [6.45, 7) is 3.07. The molecule has 0 aromatic heterocycles. The van der Waals surface area contributed by atoms with Gasteiger partial charge >= 0.3 is 0 Å². The van der Waals surface area contributed by atoms with Crippen molar-refractivity contribution in [1.29, 1.82) is 0 Å². The molecule has 0 aliphatic rings. The summed E-state index contributed by atoms with van der Waals surface area (Å²) < 4.78 is 19.9. The summed E-state index contributed by atoms with van der Waals surface area (Å²) in [4.78, 5) is 9.60. The lowest BCUT2D eigenvalue weighted by Gasteiger charge is -1.81. The molecule has 0 heterocycles. The van der Waals surface area contributed by atoms with Crippen LogP contribution < -0.4 is 5.73 Å². The third kappa shape index (κ3) is 2.09. The Bertz CT molecular complexity index is 254. The third-order valence-corrected chi connectivity index (χ3v) is 1.33. The number of hydrogen-bond acceptors (Lipinski definition) is 3. The number of rotatable bonds is 2. The van der Waals surface area contributed by atoms with Crippen molar-refractivity contribution in [3.63, 3.8) is 0 Å². The van der Waals surface area contributed by atoms with Crippen LogP contribution in [0.25, 0.3) is 0 Å². The van der Waals surface area contributed by atoms with Gasteiger partial charge in [-0.3, -0.25) is 4.79 Å². The molecule has 50 valence electrons. The second-order valence-electron chi connectivity index (χ2n) is 1.17. The van der Waals surface area contributed by atoms with E-state index in [9.17, 15) is 13.2 Å². The van der Waals surface area contributed by atoms with E-state index in [1.165, 1.54) is 0 Å². The highest BCUT2D eigenvalue weighted by atomic mass is 32.2. The lowest BCUT2D eigenvalue weighted by atomic mass is 10.4. The molecule has 4 nitrogen and oxygen atoms in total. The molecule has 0 aromatic rings. The normalized spacial score (nSPS) is 8.00. The molecule has 0 atom stereocenters. The number of amides is 1. The largest absolute Gasteiger partial charge is 0.365 e. The monoisotopic (exact) mass is 147 g/mol. The Kier molecular flexibility index (Phi) is 2.66. The number of carbonyl (C=O) groups is 1. The quantitative estimate of drug-likeness (QED) is 0.390. The standard InChI is InChI=1S/C4H5NO3S/c1-2-3(4(5)6)9(7)8/h2H,1H2,(H2,5,6). The highest BCUT2D eigenvalue weighted by Gasteiger charge is 2.01. The zero-order valence-corrected chi connectivity index (χ0v) is 5.31. The van der Waals surface area contributed by atoms with Crippen molar-refractivity contribution < 1.29 is 13.2 Å². The Balaban J connectivity index is 5.04. The predicted molar refractivity (Wildman–Crippen MR) is 33.3 cm³/mol. The molecule has 2 N–H and O–H groups in total. The van der Waals surface area contributed by atoms with Crippen LogP contribution in [-0.2, 0) is 15.1 Å². The van der Waals surface area contributed by atoms with Crippen LogP contribution in [0.3, 0.4) is 0 Å². The van der Waals surface area contributed by atoms with Gasteiger partial charge in [0.2, 0.25) is 10.3 Å². The van der Waals surface area contributed by atoms with Gasteiger partial charge in [-0.15, -0.1) is 0 Å². The highest BCUT2D eigenvalue weighted by Crippen LogP contribution is 1.70. The summed E-state index contributed by atoms with van der Waals surface area (Å²) in [6.07, 6.45) is 0.894. The van der Waals surface area contributed by atoms with Crippen LogP contribution in [0.4, 0.5) is 0 Å². The lowest BCUT2D eigenvalue weighted by molar-refractivity contribution is -0.111. The molecule has 0 aromatic carbocycles. The molecular formula is C4H5NO3S. The SMILES string of the molecule is C=CC(C(N)=O)=S(=O)=O. The van der Waals surface area contributed by atoms with Gasteiger partial charge in [-0.05, 0) is 6.08 Å². The zero-order chi connectivity index (χ0) is 7.44. The molecule has 1 amide bonds. The fraction of sp³-hybridized carbons (Fsp3) is 0. The number of primary amides is 1. The van der Waals surface area contributed by atoms with Gasteiger partial charge in [0.1, 0.15) is 0 Å². The van der Waals surface area contributed by atoms with E-state index in [1.54, 1.807) is 0 Å². The molecule has 0 bridgehead atoms. The zero-order valence-electron chi connectivity index (χ0n) is 4.49. The number of nitrogens with two attached hydrogens (primary N) is 1. The van der Waals surface area contributed by atoms with Crippen LogP contribution >= 0.6 is 0 Å². The van der Waals surface area contributed by atoms with Crippen molar-refractivity contribution in [1.82, 2.24) is 0 Å². The van der Waals surface area contributed by atoms with Gasteiger partial charge in [-0.1, -0.05) is 6.58 Å². The fourth-order valence-corrected chi connectivity index (χ4v) is 0.551. The Morgan fingerprint density at radius 1 is 1.56 bits per heavy atom. The summed E-state index contributed by atoms with van der Waals surface area (Å²) in [5.74, 6) is -0.988. The van der Waals surface area contributed by atoms with E-state index in [0.717, 1.165) is 6.08 Å². The van der Waals surface area contributed by atoms with E-state index in [0.29, 0.717) is 0 Å². The minimum Gasteiger partial charge on any atom is -0.365 e. The van der Waals surface area contributed by atoms with E-state index >= 15 is 0 Å². The van der Waals surface area contributed by atoms with Crippen LogP contribution in [-0.4, -0.2) is 19.2 Å². The second kappa shape index (κ2) is 3.03. The first kappa shape index (κ1) is 7.90. The van der Waals surface area contributed by atoms with Gasteiger partial charge in [0.25, 0.3) is 5.91 Å².